The Labute approximate surface area is 182 Å². The zero-order valence-electron chi connectivity index (χ0n) is 17.1. The lowest BCUT2D eigenvalue weighted by Gasteiger charge is -2.24. The van der Waals surface area contributed by atoms with Gasteiger partial charge >= 0.3 is 5.97 Å². The number of halogens is 1. The Kier molecular flexibility index (Phi) is 8.25. The SMILES string of the molecule is CCOC(=O)c1ccc(NC(=O)CCCN(c2cc(Cl)ccc2C)S(C)(=O)=O)cc1. The molecule has 2 aromatic rings. The highest BCUT2D eigenvalue weighted by Crippen LogP contribution is 2.26. The molecule has 0 aliphatic rings. The molecule has 0 spiro atoms. The smallest absolute Gasteiger partial charge is 0.338 e. The van der Waals surface area contributed by atoms with Crippen LogP contribution in [0.4, 0.5) is 11.4 Å². The van der Waals surface area contributed by atoms with Crippen LogP contribution in [0.25, 0.3) is 0 Å². The molecule has 0 atom stereocenters. The number of nitrogens with one attached hydrogen (secondary N) is 1. The number of hydrogen-bond acceptors (Lipinski definition) is 5. The molecule has 7 nitrogen and oxygen atoms in total. The van der Waals surface area contributed by atoms with Crippen LogP contribution in [0.5, 0.6) is 0 Å². The molecular formula is C21H25ClN2O5S. The number of benzene rings is 2. The number of hydrogen-bond donors (Lipinski definition) is 1. The average molecular weight is 453 g/mol. The third kappa shape index (κ3) is 6.74. The van der Waals surface area contributed by atoms with Crippen LogP contribution in [-0.4, -0.2) is 39.7 Å². The van der Waals surface area contributed by atoms with Crippen molar-refractivity contribution in [2.75, 3.05) is 29.0 Å². The Hall–Kier alpha value is -2.58. The Bertz CT molecular complexity index is 1010. The van der Waals surface area contributed by atoms with E-state index in [9.17, 15) is 18.0 Å². The van der Waals surface area contributed by atoms with Crippen molar-refractivity contribution in [1.82, 2.24) is 0 Å². The maximum Gasteiger partial charge on any atom is 0.338 e. The van der Waals surface area contributed by atoms with Crippen LogP contribution < -0.4 is 9.62 Å². The zero-order chi connectivity index (χ0) is 22.3. The van der Waals surface area contributed by atoms with E-state index in [-0.39, 0.29) is 25.5 Å². The molecule has 0 saturated heterocycles. The van der Waals surface area contributed by atoms with Crippen molar-refractivity contribution < 1.29 is 22.7 Å². The summed E-state index contributed by atoms with van der Waals surface area (Å²) in [6.07, 6.45) is 1.58. The molecule has 0 aromatic heterocycles. The highest BCUT2D eigenvalue weighted by Gasteiger charge is 2.20. The molecule has 162 valence electrons. The van der Waals surface area contributed by atoms with Crippen molar-refractivity contribution >= 4 is 44.9 Å². The van der Waals surface area contributed by atoms with E-state index >= 15 is 0 Å². The number of carbonyl (C=O) groups excluding carboxylic acids is 2. The number of nitrogens with zero attached hydrogens (tertiary/aromatic N) is 1. The van der Waals surface area contributed by atoms with E-state index in [1.54, 1.807) is 56.3 Å². The topological polar surface area (TPSA) is 92.8 Å². The van der Waals surface area contributed by atoms with Gasteiger partial charge in [0.2, 0.25) is 15.9 Å². The molecule has 0 aliphatic carbocycles. The minimum Gasteiger partial charge on any atom is -0.462 e. The number of aryl methyl sites for hydroxylation is 1. The lowest BCUT2D eigenvalue weighted by atomic mass is 10.2. The van der Waals surface area contributed by atoms with Gasteiger partial charge < -0.3 is 10.1 Å². The van der Waals surface area contributed by atoms with Crippen LogP contribution in [0.3, 0.4) is 0 Å². The summed E-state index contributed by atoms with van der Waals surface area (Å²) in [7, 11) is -3.53. The molecule has 0 radical (unpaired) electrons. The highest BCUT2D eigenvalue weighted by molar-refractivity contribution is 7.92. The van der Waals surface area contributed by atoms with Crippen molar-refractivity contribution in [3.8, 4) is 0 Å². The van der Waals surface area contributed by atoms with Crippen molar-refractivity contribution in [3.05, 3.63) is 58.6 Å². The van der Waals surface area contributed by atoms with Gasteiger partial charge in [0.25, 0.3) is 0 Å². The molecule has 30 heavy (non-hydrogen) atoms. The third-order valence-corrected chi connectivity index (χ3v) is 5.70. The summed E-state index contributed by atoms with van der Waals surface area (Å²) in [5.74, 6) is -0.678. The van der Waals surface area contributed by atoms with E-state index in [2.05, 4.69) is 5.32 Å². The van der Waals surface area contributed by atoms with Gasteiger partial charge in [-0.25, -0.2) is 13.2 Å². The Balaban J connectivity index is 1.96. The van der Waals surface area contributed by atoms with E-state index in [1.165, 1.54) is 4.31 Å². The number of ether oxygens (including phenoxy) is 1. The van der Waals surface area contributed by atoms with E-state index in [0.29, 0.717) is 28.4 Å². The molecule has 0 aliphatic heterocycles. The third-order valence-electron chi connectivity index (χ3n) is 4.29. The lowest BCUT2D eigenvalue weighted by molar-refractivity contribution is -0.116. The first-order valence-electron chi connectivity index (χ1n) is 9.42. The molecule has 2 rings (SSSR count). The molecule has 1 amide bonds. The van der Waals surface area contributed by atoms with Crippen LogP contribution in [0.1, 0.15) is 35.7 Å². The fraction of sp³-hybridized carbons (Fsp3) is 0.333. The minimum absolute atomic E-state index is 0.130. The van der Waals surface area contributed by atoms with Gasteiger partial charge in [-0.1, -0.05) is 17.7 Å². The van der Waals surface area contributed by atoms with Gasteiger partial charge in [0, 0.05) is 23.7 Å². The van der Waals surface area contributed by atoms with Gasteiger partial charge in [0.1, 0.15) is 0 Å². The normalized spacial score (nSPS) is 11.1. The van der Waals surface area contributed by atoms with Gasteiger partial charge in [-0.15, -0.1) is 0 Å². The van der Waals surface area contributed by atoms with Crippen molar-refractivity contribution in [1.29, 1.82) is 0 Å². The van der Waals surface area contributed by atoms with E-state index in [4.69, 9.17) is 16.3 Å². The summed E-state index contributed by atoms with van der Waals surface area (Å²) in [6, 6.07) is 11.4. The largest absolute Gasteiger partial charge is 0.462 e. The minimum atomic E-state index is -3.53. The monoisotopic (exact) mass is 452 g/mol. The van der Waals surface area contributed by atoms with Gasteiger partial charge in [0.05, 0.1) is 24.1 Å². The Morgan fingerprint density at radius 1 is 1.13 bits per heavy atom. The first kappa shape index (κ1) is 23.7. The van der Waals surface area contributed by atoms with Crippen LogP contribution in [0.2, 0.25) is 5.02 Å². The number of sulfonamides is 1. The summed E-state index contributed by atoms with van der Waals surface area (Å²) < 4.78 is 30.7. The van der Waals surface area contributed by atoms with Crippen LogP contribution in [0.15, 0.2) is 42.5 Å². The molecular weight excluding hydrogens is 428 g/mol. The van der Waals surface area contributed by atoms with Crippen molar-refractivity contribution in [2.45, 2.75) is 26.7 Å². The number of amides is 1. The van der Waals surface area contributed by atoms with Crippen molar-refractivity contribution in [2.24, 2.45) is 0 Å². The summed E-state index contributed by atoms with van der Waals surface area (Å²) in [6.45, 7) is 3.97. The van der Waals surface area contributed by atoms with Gasteiger partial charge in [0.15, 0.2) is 0 Å². The highest BCUT2D eigenvalue weighted by atomic mass is 35.5. The second-order valence-corrected chi connectivity index (χ2v) is 9.06. The fourth-order valence-electron chi connectivity index (χ4n) is 2.83. The molecule has 0 fully saturated rings. The molecule has 2 aromatic carbocycles. The average Bonchev–Trinajstić information content (AvgIpc) is 2.67. The summed E-state index contributed by atoms with van der Waals surface area (Å²) >= 11 is 6.02. The fourth-order valence-corrected chi connectivity index (χ4v) is 4.01. The summed E-state index contributed by atoms with van der Waals surface area (Å²) in [4.78, 5) is 23.9. The maximum atomic E-state index is 12.2. The van der Waals surface area contributed by atoms with Gasteiger partial charge in [-0.05, 0) is 62.2 Å². The molecule has 9 heteroatoms. The second-order valence-electron chi connectivity index (χ2n) is 6.72. The molecule has 0 bridgehead atoms. The molecule has 0 saturated carbocycles. The Morgan fingerprint density at radius 3 is 2.40 bits per heavy atom. The van der Waals surface area contributed by atoms with Gasteiger partial charge in [-0.2, -0.15) is 0 Å². The first-order chi connectivity index (χ1) is 14.1. The summed E-state index contributed by atoms with van der Waals surface area (Å²) in [5, 5.41) is 3.17. The van der Waals surface area contributed by atoms with E-state index in [0.717, 1.165) is 11.8 Å². The predicted octanol–water partition coefficient (Wildman–Crippen LogP) is 4.01. The quantitative estimate of drug-likeness (QED) is 0.580. The second kappa shape index (κ2) is 10.4. The zero-order valence-corrected chi connectivity index (χ0v) is 18.7. The van der Waals surface area contributed by atoms with Crippen LogP contribution in [-0.2, 0) is 19.6 Å². The molecule has 0 unspecified atom stereocenters. The Morgan fingerprint density at radius 2 is 1.80 bits per heavy atom. The summed E-state index contributed by atoms with van der Waals surface area (Å²) in [5.41, 5.74) is 2.21. The van der Waals surface area contributed by atoms with Gasteiger partial charge in [-0.3, -0.25) is 9.10 Å². The standard InChI is InChI=1S/C21H25ClN2O5S/c1-4-29-21(26)16-8-11-18(12-9-16)23-20(25)6-5-13-24(30(3,27)28)19-14-17(22)10-7-15(19)2/h7-12,14H,4-6,13H2,1-3H3,(H,23,25). The number of esters is 1. The van der Waals surface area contributed by atoms with Crippen molar-refractivity contribution in [3.63, 3.8) is 0 Å². The molecule has 0 heterocycles. The molecule has 1 N–H and O–H groups in total. The van der Waals surface area contributed by atoms with Crippen LogP contribution >= 0.6 is 11.6 Å². The van der Waals surface area contributed by atoms with E-state index < -0.39 is 16.0 Å². The first-order valence-corrected chi connectivity index (χ1v) is 11.7. The number of carbonyl (C=O) groups is 2. The van der Waals surface area contributed by atoms with Crippen LogP contribution in [0, 0.1) is 6.92 Å². The maximum absolute atomic E-state index is 12.2. The number of rotatable bonds is 9. The lowest BCUT2D eigenvalue weighted by Crippen LogP contribution is -2.32. The predicted molar refractivity (Wildman–Crippen MR) is 119 cm³/mol. The van der Waals surface area contributed by atoms with E-state index in [1.807, 2.05) is 0 Å². The number of anilines is 2.